The molecule has 0 aliphatic carbocycles. The van der Waals surface area contributed by atoms with Crippen molar-refractivity contribution >= 4 is 21.8 Å². The zero-order chi connectivity index (χ0) is 13.9. The van der Waals surface area contributed by atoms with Crippen LogP contribution in [0.15, 0.2) is 23.1 Å². The molecule has 1 fully saturated rings. The van der Waals surface area contributed by atoms with E-state index in [1.807, 2.05) is 0 Å². The average Bonchev–Trinajstić information content (AvgIpc) is 2.90. The van der Waals surface area contributed by atoms with Crippen LogP contribution in [0.2, 0.25) is 0 Å². The fourth-order valence-electron chi connectivity index (χ4n) is 1.85. The third-order valence-electron chi connectivity index (χ3n) is 2.89. The van der Waals surface area contributed by atoms with Crippen molar-refractivity contribution in [1.29, 1.82) is 5.26 Å². The van der Waals surface area contributed by atoms with Gasteiger partial charge in [-0.3, -0.25) is 0 Å². The topological polar surface area (TPSA) is 70.0 Å². The summed E-state index contributed by atoms with van der Waals surface area (Å²) in [5.74, 6) is 0.342. The molecule has 1 heterocycles. The standard InChI is InChI=1S/C12H13FN2O2S2/c13-12-4-3-11(6-9(12)7-14)19(16,17)15-8-10-2-1-5-18-10/h3-4,6,10,15H,1-2,5,8H2. The van der Waals surface area contributed by atoms with E-state index in [0.29, 0.717) is 11.8 Å². The van der Waals surface area contributed by atoms with Crippen LogP contribution >= 0.6 is 11.8 Å². The first kappa shape index (κ1) is 14.3. The van der Waals surface area contributed by atoms with Crippen molar-refractivity contribution in [3.63, 3.8) is 0 Å². The molecule has 0 amide bonds. The van der Waals surface area contributed by atoms with Gasteiger partial charge in [-0.15, -0.1) is 0 Å². The molecule has 4 nitrogen and oxygen atoms in total. The summed E-state index contributed by atoms with van der Waals surface area (Å²) in [5.41, 5.74) is -0.266. The maximum Gasteiger partial charge on any atom is 0.240 e. The van der Waals surface area contributed by atoms with Crippen molar-refractivity contribution in [2.75, 3.05) is 12.3 Å². The van der Waals surface area contributed by atoms with Gasteiger partial charge in [0.25, 0.3) is 0 Å². The number of halogens is 1. The van der Waals surface area contributed by atoms with Crippen molar-refractivity contribution in [3.8, 4) is 6.07 Å². The second kappa shape index (κ2) is 5.90. The lowest BCUT2D eigenvalue weighted by Gasteiger charge is -2.11. The SMILES string of the molecule is N#Cc1cc(S(=O)(=O)NCC2CCCS2)ccc1F. The predicted molar refractivity (Wildman–Crippen MR) is 71.8 cm³/mol. The first-order valence-corrected chi connectivity index (χ1v) is 8.37. The summed E-state index contributed by atoms with van der Waals surface area (Å²) in [6.45, 7) is 0.367. The van der Waals surface area contributed by atoms with Gasteiger partial charge in [-0.05, 0) is 36.8 Å². The van der Waals surface area contributed by atoms with E-state index in [9.17, 15) is 12.8 Å². The van der Waals surface area contributed by atoms with Gasteiger partial charge in [-0.2, -0.15) is 17.0 Å². The Morgan fingerprint density at radius 3 is 2.95 bits per heavy atom. The van der Waals surface area contributed by atoms with Crippen LogP contribution < -0.4 is 4.72 Å². The minimum atomic E-state index is -3.68. The summed E-state index contributed by atoms with van der Waals surface area (Å²) in [4.78, 5) is -0.0755. The monoisotopic (exact) mass is 300 g/mol. The molecular weight excluding hydrogens is 287 g/mol. The third-order valence-corrected chi connectivity index (χ3v) is 5.71. The molecule has 0 aromatic heterocycles. The van der Waals surface area contributed by atoms with Crippen LogP contribution in [0.3, 0.4) is 0 Å². The van der Waals surface area contributed by atoms with E-state index in [1.165, 1.54) is 6.07 Å². The summed E-state index contributed by atoms with van der Waals surface area (Å²) in [5, 5.41) is 9.00. The maximum absolute atomic E-state index is 13.1. The number of nitriles is 1. The lowest BCUT2D eigenvalue weighted by molar-refractivity contribution is 0.578. The molecule has 1 N–H and O–H groups in total. The number of nitrogens with one attached hydrogen (secondary N) is 1. The molecule has 1 aromatic carbocycles. The van der Waals surface area contributed by atoms with Gasteiger partial charge in [0, 0.05) is 11.8 Å². The van der Waals surface area contributed by atoms with Crippen LogP contribution in [-0.4, -0.2) is 26.0 Å². The molecule has 19 heavy (non-hydrogen) atoms. The fourth-order valence-corrected chi connectivity index (χ4v) is 4.26. The van der Waals surface area contributed by atoms with Gasteiger partial charge in [-0.1, -0.05) is 0 Å². The van der Waals surface area contributed by atoms with Gasteiger partial charge < -0.3 is 0 Å². The number of hydrogen-bond acceptors (Lipinski definition) is 4. The van der Waals surface area contributed by atoms with Gasteiger partial charge in [0.2, 0.25) is 10.0 Å². The van der Waals surface area contributed by atoms with Crippen LogP contribution in [-0.2, 0) is 10.0 Å². The second-order valence-electron chi connectivity index (χ2n) is 4.24. The lowest BCUT2D eigenvalue weighted by Crippen LogP contribution is -2.29. The summed E-state index contributed by atoms with van der Waals surface area (Å²) in [6, 6.07) is 4.85. The first-order valence-electron chi connectivity index (χ1n) is 5.84. The van der Waals surface area contributed by atoms with E-state index < -0.39 is 15.8 Å². The molecule has 1 aliphatic heterocycles. The molecule has 0 bridgehead atoms. The largest absolute Gasteiger partial charge is 0.240 e. The van der Waals surface area contributed by atoms with Crippen molar-refractivity contribution < 1.29 is 12.8 Å². The van der Waals surface area contributed by atoms with Gasteiger partial charge in [-0.25, -0.2) is 17.5 Å². The number of rotatable bonds is 4. The molecule has 0 spiro atoms. The zero-order valence-corrected chi connectivity index (χ0v) is 11.7. The van der Waals surface area contributed by atoms with E-state index in [2.05, 4.69) is 4.72 Å². The fraction of sp³-hybridized carbons (Fsp3) is 0.417. The van der Waals surface area contributed by atoms with E-state index in [4.69, 9.17) is 5.26 Å². The third kappa shape index (κ3) is 3.47. The summed E-state index contributed by atoms with van der Waals surface area (Å²) in [6.07, 6.45) is 2.10. The highest BCUT2D eigenvalue weighted by Gasteiger charge is 2.20. The van der Waals surface area contributed by atoms with Gasteiger partial charge in [0.15, 0.2) is 0 Å². The van der Waals surface area contributed by atoms with Crippen molar-refractivity contribution in [2.45, 2.75) is 23.0 Å². The Hall–Kier alpha value is -1.10. The lowest BCUT2D eigenvalue weighted by atomic mass is 10.2. The highest BCUT2D eigenvalue weighted by Crippen LogP contribution is 2.25. The first-order chi connectivity index (χ1) is 9.03. The number of sulfonamides is 1. The van der Waals surface area contributed by atoms with Crippen LogP contribution in [0.4, 0.5) is 4.39 Å². The molecule has 0 saturated carbocycles. The Labute approximate surface area is 116 Å². The van der Waals surface area contributed by atoms with Crippen LogP contribution in [0, 0.1) is 17.1 Å². The minimum Gasteiger partial charge on any atom is -0.210 e. The number of hydrogen-bond donors (Lipinski definition) is 1. The Kier molecular flexibility index (Phi) is 4.45. The van der Waals surface area contributed by atoms with Crippen molar-refractivity contribution in [3.05, 3.63) is 29.6 Å². The second-order valence-corrected chi connectivity index (χ2v) is 7.42. The Balaban J connectivity index is 2.12. The van der Waals surface area contributed by atoms with E-state index in [1.54, 1.807) is 17.8 Å². The molecule has 7 heteroatoms. The number of nitrogens with zero attached hydrogens (tertiary/aromatic N) is 1. The Bertz CT molecular complexity index is 605. The quantitative estimate of drug-likeness (QED) is 0.921. The molecule has 2 rings (SSSR count). The molecule has 102 valence electrons. The molecule has 1 atom stereocenters. The van der Waals surface area contributed by atoms with Gasteiger partial charge in [0.05, 0.1) is 10.5 Å². The minimum absolute atomic E-state index is 0.0755. The van der Waals surface area contributed by atoms with E-state index in [-0.39, 0.29) is 10.5 Å². The highest BCUT2D eigenvalue weighted by atomic mass is 32.2. The number of thioether (sulfide) groups is 1. The normalized spacial score (nSPS) is 19.3. The Morgan fingerprint density at radius 1 is 1.53 bits per heavy atom. The average molecular weight is 300 g/mol. The smallest absolute Gasteiger partial charge is 0.210 e. The molecule has 1 aliphatic rings. The van der Waals surface area contributed by atoms with Crippen molar-refractivity contribution in [1.82, 2.24) is 4.72 Å². The van der Waals surface area contributed by atoms with Gasteiger partial charge >= 0.3 is 0 Å². The zero-order valence-electron chi connectivity index (χ0n) is 10.1. The van der Waals surface area contributed by atoms with E-state index >= 15 is 0 Å². The molecule has 1 saturated heterocycles. The van der Waals surface area contributed by atoms with Crippen LogP contribution in [0.5, 0.6) is 0 Å². The molecule has 1 aromatic rings. The highest BCUT2D eigenvalue weighted by molar-refractivity contribution is 8.00. The summed E-state index contributed by atoms with van der Waals surface area (Å²) < 4.78 is 39.7. The molecular formula is C12H13FN2O2S2. The van der Waals surface area contributed by atoms with E-state index in [0.717, 1.165) is 30.7 Å². The van der Waals surface area contributed by atoms with Crippen molar-refractivity contribution in [2.24, 2.45) is 0 Å². The Morgan fingerprint density at radius 2 is 2.32 bits per heavy atom. The van der Waals surface area contributed by atoms with Crippen LogP contribution in [0.1, 0.15) is 18.4 Å². The summed E-state index contributed by atoms with van der Waals surface area (Å²) in [7, 11) is -3.68. The maximum atomic E-state index is 13.1. The van der Waals surface area contributed by atoms with Crippen LogP contribution in [0.25, 0.3) is 0 Å². The summed E-state index contributed by atoms with van der Waals surface area (Å²) >= 11 is 1.75. The predicted octanol–water partition coefficient (Wildman–Crippen LogP) is 1.87. The number of benzene rings is 1. The molecule has 0 radical (unpaired) electrons. The van der Waals surface area contributed by atoms with Gasteiger partial charge in [0.1, 0.15) is 11.9 Å². The molecule has 1 unspecified atom stereocenters.